The molecule has 3 N–H and O–H groups in total. The van der Waals surface area contributed by atoms with Gasteiger partial charge in [0, 0.05) is 6.54 Å². The Balaban J connectivity index is 2.67. The average Bonchev–Trinajstić information content (AvgIpc) is 2.39. The number of sulfonamides is 1. The third-order valence-electron chi connectivity index (χ3n) is 3.31. The number of anilines is 1. The highest BCUT2D eigenvalue weighted by Gasteiger charge is 2.18. The summed E-state index contributed by atoms with van der Waals surface area (Å²) in [7, 11) is -3.50. The third-order valence-corrected chi connectivity index (χ3v) is 4.81. The van der Waals surface area contributed by atoms with E-state index >= 15 is 0 Å². The van der Waals surface area contributed by atoms with Crippen LogP contribution in [0.25, 0.3) is 0 Å². The van der Waals surface area contributed by atoms with Gasteiger partial charge in [0.05, 0.1) is 5.69 Å². The molecule has 1 unspecified atom stereocenters. The van der Waals surface area contributed by atoms with Crippen molar-refractivity contribution in [2.24, 2.45) is 5.92 Å². The van der Waals surface area contributed by atoms with E-state index in [0.717, 1.165) is 25.7 Å². The van der Waals surface area contributed by atoms with Gasteiger partial charge in [0.2, 0.25) is 10.0 Å². The minimum absolute atomic E-state index is 0.167. The Hall–Kier alpha value is -1.07. The third kappa shape index (κ3) is 4.84. The van der Waals surface area contributed by atoms with Gasteiger partial charge in [-0.1, -0.05) is 45.2 Å². The number of hydrogen-bond donors (Lipinski definition) is 2. The van der Waals surface area contributed by atoms with E-state index in [2.05, 4.69) is 18.6 Å². The summed E-state index contributed by atoms with van der Waals surface area (Å²) in [6.07, 6.45) is 4.30. The molecule has 4 nitrogen and oxygen atoms in total. The quantitative estimate of drug-likeness (QED) is 0.721. The van der Waals surface area contributed by atoms with Crippen LogP contribution in [0.1, 0.15) is 39.5 Å². The van der Waals surface area contributed by atoms with E-state index < -0.39 is 10.0 Å². The van der Waals surface area contributed by atoms with Gasteiger partial charge in [-0.25, -0.2) is 13.1 Å². The van der Waals surface area contributed by atoms with Crippen molar-refractivity contribution in [2.75, 3.05) is 12.3 Å². The first-order chi connectivity index (χ1) is 9.01. The van der Waals surface area contributed by atoms with Crippen LogP contribution in [0.2, 0.25) is 0 Å². The van der Waals surface area contributed by atoms with E-state index in [9.17, 15) is 8.42 Å². The molecule has 1 aromatic carbocycles. The molecule has 108 valence electrons. The van der Waals surface area contributed by atoms with Gasteiger partial charge < -0.3 is 5.73 Å². The Morgan fingerprint density at radius 2 is 1.95 bits per heavy atom. The van der Waals surface area contributed by atoms with Gasteiger partial charge in [-0.3, -0.25) is 0 Å². The highest BCUT2D eigenvalue weighted by atomic mass is 32.2. The van der Waals surface area contributed by atoms with Crippen LogP contribution in [0, 0.1) is 5.92 Å². The first-order valence-electron chi connectivity index (χ1n) is 6.85. The van der Waals surface area contributed by atoms with Crippen molar-refractivity contribution >= 4 is 15.7 Å². The van der Waals surface area contributed by atoms with Gasteiger partial charge >= 0.3 is 0 Å². The maximum atomic E-state index is 12.2. The second-order valence-corrected chi connectivity index (χ2v) is 6.54. The Labute approximate surface area is 116 Å². The normalized spacial score (nSPS) is 13.4. The van der Waals surface area contributed by atoms with Crippen LogP contribution in [0.3, 0.4) is 0 Å². The summed E-state index contributed by atoms with van der Waals surface area (Å²) in [6, 6.07) is 6.54. The van der Waals surface area contributed by atoms with Crippen molar-refractivity contribution in [3.05, 3.63) is 24.3 Å². The van der Waals surface area contributed by atoms with E-state index in [1.54, 1.807) is 18.2 Å². The SMILES string of the molecule is CCCCC(CC)CNS(=O)(=O)c1ccccc1N. The predicted octanol–water partition coefficient (Wildman–Crippen LogP) is 2.76. The van der Waals surface area contributed by atoms with Gasteiger partial charge in [0.1, 0.15) is 4.90 Å². The molecule has 0 bridgehead atoms. The van der Waals surface area contributed by atoms with E-state index in [0.29, 0.717) is 12.5 Å². The summed E-state index contributed by atoms with van der Waals surface area (Å²) in [6.45, 7) is 4.71. The molecule has 1 aromatic rings. The first kappa shape index (κ1) is 16.0. The molecule has 0 spiro atoms. The van der Waals surface area contributed by atoms with E-state index in [1.165, 1.54) is 6.07 Å². The van der Waals surface area contributed by atoms with E-state index in [4.69, 9.17) is 5.73 Å². The summed E-state index contributed by atoms with van der Waals surface area (Å²) in [5.41, 5.74) is 6.00. The molecule has 0 aliphatic heterocycles. The fraction of sp³-hybridized carbons (Fsp3) is 0.571. The standard InChI is InChI=1S/C14H24N2O2S/c1-3-5-8-12(4-2)11-16-19(17,18)14-10-7-6-9-13(14)15/h6-7,9-10,12,16H,3-5,8,11,15H2,1-2H3. The highest BCUT2D eigenvalue weighted by molar-refractivity contribution is 7.89. The topological polar surface area (TPSA) is 72.2 Å². The predicted molar refractivity (Wildman–Crippen MR) is 79.3 cm³/mol. The summed E-state index contributed by atoms with van der Waals surface area (Å²) in [5, 5.41) is 0. The Morgan fingerprint density at radius 1 is 1.26 bits per heavy atom. The monoisotopic (exact) mass is 284 g/mol. The van der Waals surface area contributed by atoms with Crippen LogP contribution in [-0.4, -0.2) is 15.0 Å². The number of rotatable bonds is 8. The molecule has 0 fully saturated rings. The van der Waals surface area contributed by atoms with Crippen molar-refractivity contribution in [2.45, 2.75) is 44.4 Å². The molecule has 5 heteroatoms. The Kier molecular flexibility index (Phi) is 6.31. The number of nitrogens with two attached hydrogens (primary N) is 1. The molecule has 0 amide bonds. The maximum Gasteiger partial charge on any atom is 0.242 e. The minimum atomic E-state index is -3.50. The summed E-state index contributed by atoms with van der Waals surface area (Å²) < 4.78 is 27.0. The zero-order valence-corrected chi connectivity index (χ0v) is 12.5. The van der Waals surface area contributed by atoms with Gasteiger partial charge in [-0.2, -0.15) is 0 Å². The fourth-order valence-corrected chi connectivity index (χ4v) is 3.22. The largest absolute Gasteiger partial charge is 0.398 e. The Morgan fingerprint density at radius 3 is 2.53 bits per heavy atom. The molecule has 0 saturated carbocycles. The zero-order chi connectivity index (χ0) is 14.3. The molecule has 1 rings (SSSR count). The lowest BCUT2D eigenvalue weighted by atomic mass is 10.00. The fourth-order valence-electron chi connectivity index (χ4n) is 1.97. The molecular formula is C14H24N2O2S. The number of nitrogens with one attached hydrogen (secondary N) is 1. The van der Waals surface area contributed by atoms with Crippen molar-refractivity contribution in [1.29, 1.82) is 0 Å². The molecule has 0 radical (unpaired) electrons. The molecule has 0 aromatic heterocycles. The molecule has 0 aliphatic rings. The van der Waals surface area contributed by atoms with Crippen LogP contribution in [0.15, 0.2) is 29.2 Å². The van der Waals surface area contributed by atoms with Gasteiger partial charge in [-0.15, -0.1) is 0 Å². The number of benzene rings is 1. The lowest BCUT2D eigenvalue weighted by Crippen LogP contribution is -2.29. The Bertz CT molecular complexity index is 486. The van der Waals surface area contributed by atoms with Crippen molar-refractivity contribution in [3.63, 3.8) is 0 Å². The smallest absolute Gasteiger partial charge is 0.242 e. The molecule has 0 saturated heterocycles. The summed E-state index contributed by atoms with van der Waals surface area (Å²) in [5.74, 6) is 0.389. The van der Waals surface area contributed by atoms with Crippen molar-refractivity contribution in [1.82, 2.24) is 4.72 Å². The van der Waals surface area contributed by atoms with Crippen molar-refractivity contribution in [3.8, 4) is 0 Å². The summed E-state index contributed by atoms with van der Waals surface area (Å²) in [4.78, 5) is 0.167. The lowest BCUT2D eigenvalue weighted by molar-refractivity contribution is 0.444. The second-order valence-electron chi connectivity index (χ2n) is 4.81. The molecular weight excluding hydrogens is 260 g/mol. The number of hydrogen-bond acceptors (Lipinski definition) is 3. The van der Waals surface area contributed by atoms with E-state index in [1.807, 2.05) is 0 Å². The average molecular weight is 284 g/mol. The van der Waals surface area contributed by atoms with Gasteiger partial charge in [-0.05, 0) is 24.5 Å². The number of nitrogen functional groups attached to an aromatic ring is 1. The number of para-hydroxylation sites is 1. The van der Waals surface area contributed by atoms with Crippen LogP contribution in [0.5, 0.6) is 0 Å². The first-order valence-corrected chi connectivity index (χ1v) is 8.33. The molecule has 1 atom stereocenters. The van der Waals surface area contributed by atoms with Crippen LogP contribution in [0.4, 0.5) is 5.69 Å². The van der Waals surface area contributed by atoms with Gasteiger partial charge in [0.25, 0.3) is 0 Å². The van der Waals surface area contributed by atoms with Crippen LogP contribution < -0.4 is 10.5 Å². The van der Waals surface area contributed by atoms with Crippen LogP contribution >= 0.6 is 0 Å². The zero-order valence-electron chi connectivity index (χ0n) is 11.7. The summed E-state index contributed by atoms with van der Waals surface area (Å²) >= 11 is 0. The van der Waals surface area contributed by atoms with E-state index in [-0.39, 0.29) is 10.6 Å². The number of unbranched alkanes of at least 4 members (excludes halogenated alkanes) is 1. The lowest BCUT2D eigenvalue weighted by Gasteiger charge is -2.16. The molecule has 0 aliphatic carbocycles. The highest BCUT2D eigenvalue weighted by Crippen LogP contribution is 2.18. The van der Waals surface area contributed by atoms with Gasteiger partial charge in [0.15, 0.2) is 0 Å². The minimum Gasteiger partial charge on any atom is -0.398 e. The van der Waals surface area contributed by atoms with Crippen LogP contribution in [-0.2, 0) is 10.0 Å². The molecule has 0 heterocycles. The second kappa shape index (κ2) is 7.50. The maximum absolute atomic E-state index is 12.2. The molecule has 19 heavy (non-hydrogen) atoms. The van der Waals surface area contributed by atoms with Crippen molar-refractivity contribution < 1.29 is 8.42 Å².